The Bertz CT molecular complexity index is 513. The Morgan fingerprint density at radius 3 is 2.38 bits per heavy atom. The van der Waals surface area contributed by atoms with E-state index in [1.165, 1.54) is 12.5 Å². The van der Waals surface area contributed by atoms with Gasteiger partial charge in [0, 0.05) is 31.5 Å². The molecule has 2 rings (SSSR count). The molecule has 0 saturated carbocycles. The van der Waals surface area contributed by atoms with Crippen molar-refractivity contribution in [3.05, 3.63) is 35.9 Å². The first-order valence-electron chi connectivity index (χ1n) is 7.14. The van der Waals surface area contributed by atoms with E-state index in [1.54, 1.807) is 4.31 Å². The van der Waals surface area contributed by atoms with Gasteiger partial charge in [-0.1, -0.05) is 30.3 Å². The second kappa shape index (κ2) is 6.68. The first-order valence-corrected chi connectivity index (χ1v) is 8.20. The van der Waals surface area contributed by atoms with Crippen molar-refractivity contribution in [1.29, 1.82) is 0 Å². The van der Waals surface area contributed by atoms with Crippen molar-refractivity contribution < 1.29 is 13.6 Å². The van der Waals surface area contributed by atoms with Gasteiger partial charge in [-0.15, -0.1) is 0 Å². The van der Waals surface area contributed by atoms with Gasteiger partial charge in [0.05, 0.1) is 0 Å². The van der Waals surface area contributed by atoms with E-state index >= 15 is 0 Å². The number of benzene rings is 1. The molecular formula is C15H22N2O3S. The van der Waals surface area contributed by atoms with Gasteiger partial charge in [-0.2, -0.15) is 0 Å². The standard InChI is InChI=1S/C15H22N2O3S/c1-12(16-13(2)18)15(14-6-4-3-5-7-14)8-10-17(11-9-15)21(19)20/h3-7,12H,8-11H2,1-2H3,(H,16,18)(H,19,20)/t12-/m0/s1. The van der Waals surface area contributed by atoms with Crippen LogP contribution in [0.15, 0.2) is 30.3 Å². The second-order valence-electron chi connectivity index (χ2n) is 5.60. The summed E-state index contributed by atoms with van der Waals surface area (Å²) in [5.74, 6) is -0.0500. The van der Waals surface area contributed by atoms with Crippen molar-refractivity contribution in [2.24, 2.45) is 0 Å². The SMILES string of the molecule is CC(=O)N[C@@H](C)C1(c2ccccc2)CCN(S(=O)O)CC1. The van der Waals surface area contributed by atoms with Crippen LogP contribution in [0.2, 0.25) is 0 Å². The Hall–Kier alpha value is -1.24. The average molecular weight is 310 g/mol. The van der Waals surface area contributed by atoms with E-state index in [2.05, 4.69) is 17.4 Å². The quantitative estimate of drug-likeness (QED) is 0.831. The largest absolute Gasteiger partial charge is 0.353 e. The summed E-state index contributed by atoms with van der Waals surface area (Å²) in [6.45, 7) is 4.62. The zero-order valence-electron chi connectivity index (χ0n) is 12.4. The van der Waals surface area contributed by atoms with Gasteiger partial charge in [0.15, 0.2) is 0 Å². The fourth-order valence-corrected chi connectivity index (χ4v) is 3.72. The number of nitrogens with zero attached hydrogens (tertiary/aromatic N) is 1. The molecule has 0 aliphatic carbocycles. The molecule has 1 saturated heterocycles. The lowest BCUT2D eigenvalue weighted by atomic mass is 9.68. The van der Waals surface area contributed by atoms with Crippen molar-refractivity contribution in [2.75, 3.05) is 13.1 Å². The van der Waals surface area contributed by atoms with Crippen LogP contribution in [0.5, 0.6) is 0 Å². The highest BCUT2D eigenvalue weighted by Crippen LogP contribution is 2.38. The summed E-state index contributed by atoms with van der Waals surface area (Å²) < 4.78 is 22.0. The highest BCUT2D eigenvalue weighted by molar-refractivity contribution is 7.76. The first kappa shape index (κ1) is 16.1. The molecule has 0 bridgehead atoms. The van der Waals surface area contributed by atoms with Crippen LogP contribution in [0.4, 0.5) is 0 Å². The minimum atomic E-state index is -1.92. The number of amides is 1. The lowest BCUT2D eigenvalue weighted by molar-refractivity contribution is -0.120. The fourth-order valence-electron chi connectivity index (χ4n) is 3.23. The molecule has 1 aromatic rings. The van der Waals surface area contributed by atoms with E-state index in [1.807, 2.05) is 25.1 Å². The summed E-state index contributed by atoms with van der Waals surface area (Å²) in [6, 6.07) is 10.1. The van der Waals surface area contributed by atoms with Crippen LogP contribution < -0.4 is 5.32 Å². The van der Waals surface area contributed by atoms with Gasteiger partial charge in [-0.05, 0) is 25.3 Å². The van der Waals surface area contributed by atoms with Gasteiger partial charge >= 0.3 is 0 Å². The van der Waals surface area contributed by atoms with Crippen LogP contribution in [-0.4, -0.2) is 38.1 Å². The molecule has 1 unspecified atom stereocenters. The molecule has 0 aromatic heterocycles. The first-order chi connectivity index (χ1) is 9.95. The zero-order chi connectivity index (χ0) is 15.5. The molecule has 6 heteroatoms. The van der Waals surface area contributed by atoms with Crippen molar-refractivity contribution in [2.45, 2.75) is 38.1 Å². The number of hydrogen-bond acceptors (Lipinski definition) is 2. The normalized spacial score (nSPS) is 21.5. The van der Waals surface area contributed by atoms with Crippen LogP contribution in [-0.2, 0) is 21.5 Å². The van der Waals surface area contributed by atoms with Crippen molar-refractivity contribution in [1.82, 2.24) is 9.62 Å². The third-order valence-corrected chi connectivity index (χ3v) is 5.24. The smallest absolute Gasteiger partial charge is 0.234 e. The van der Waals surface area contributed by atoms with Crippen molar-refractivity contribution in [3.8, 4) is 0 Å². The summed E-state index contributed by atoms with van der Waals surface area (Å²) in [5, 5.41) is 3.00. The number of hydrogen-bond donors (Lipinski definition) is 2. The topological polar surface area (TPSA) is 69.6 Å². The van der Waals surface area contributed by atoms with Crippen LogP contribution >= 0.6 is 0 Å². The highest BCUT2D eigenvalue weighted by atomic mass is 32.2. The number of rotatable bonds is 4. The molecule has 1 fully saturated rings. The summed E-state index contributed by atoms with van der Waals surface area (Å²) in [6.07, 6.45) is 1.48. The molecule has 1 heterocycles. The van der Waals surface area contributed by atoms with Gasteiger partial charge in [0.25, 0.3) is 0 Å². The van der Waals surface area contributed by atoms with Crippen LogP contribution in [0, 0.1) is 0 Å². The van der Waals surface area contributed by atoms with E-state index in [4.69, 9.17) is 0 Å². The van der Waals surface area contributed by atoms with Gasteiger partial charge < -0.3 is 5.32 Å². The molecule has 2 atom stereocenters. The maximum Gasteiger partial charge on any atom is 0.234 e. The van der Waals surface area contributed by atoms with Crippen LogP contribution in [0.3, 0.4) is 0 Å². The molecule has 21 heavy (non-hydrogen) atoms. The average Bonchev–Trinajstić information content (AvgIpc) is 2.47. The fraction of sp³-hybridized carbons (Fsp3) is 0.533. The van der Waals surface area contributed by atoms with Crippen molar-refractivity contribution >= 4 is 17.2 Å². The van der Waals surface area contributed by atoms with Gasteiger partial charge in [-0.3, -0.25) is 9.35 Å². The summed E-state index contributed by atoms with van der Waals surface area (Å²) >= 11 is -1.92. The molecule has 0 spiro atoms. The molecule has 2 N–H and O–H groups in total. The van der Waals surface area contributed by atoms with Gasteiger partial charge in [-0.25, -0.2) is 8.51 Å². The number of nitrogens with one attached hydrogen (secondary N) is 1. The molecule has 1 aliphatic heterocycles. The summed E-state index contributed by atoms with van der Waals surface area (Å²) in [7, 11) is 0. The predicted octanol–water partition coefficient (Wildman–Crippen LogP) is 1.68. The Balaban J connectivity index is 2.28. The number of carbonyl (C=O) groups is 1. The second-order valence-corrected chi connectivity index (χ2v) is 6.58. The molecule has 0 radical (unpaired) electrons. The van der Waals surface area contributed by atoms with E-state index in [-0.39, 0.29) is 17.4 Å². The molecule has 116 valence electrons. The van der Waals surface area contributed by atoms with Crippen molar-refractivity contribution in [3.63, 3.8) is 0 Å². The monoisotopic (exact) mass is 310 g/mol. The highest BCUT2D eigenvalue weighted by Gasteiger charge is 2.42. The van der Waals surface area contributed by atoms with E-state index in [9.17, 15) is 13.6 Å². The van der Waals surface area contributed by atoms with Crippen LogP contribution in [0.1, 0.15) is 32.3 Å². The minimum absolute atomic E-state index is 0.0216. The Morgan fingerprint density at radius 2 is 1.90 bits per heavy atom. The number of piperidine rings is 1. The van der Waals surface area contributed by atoms with E-state index in [0.29, 0.717) is 13.1 Å². The summed E-state index contributed by atoms with van der Waals surface area (Å²) in [5.41, 5.74) is 0.984. The summed E-state index contributed by atoms with van der Waals surface area (Å²) in [4.78, 5) is 11.4. The zero-order valence-corrected chi connectivity index (χ0v) is 13.2. The lowest BCUT2D eigenvalue weighted by Crippen LogP contribution is -2.54. The Morgan fingerprint density at radius 1 is 1.33 bits per heavy atom. The van der Waals surface area contributed by atoms with Gasteiger partial charge in [0.2, 0.25) is 17.2 Å². The Kier molecular flexibility index (Phi) is 5.13. The van der Waals surface area contributed by atoms with Gasteiger partial charge in [0.1, 0.15) is 0 Å². The van der Waals surface area contributed by atoms with E-state index < -0.39 is 11.3 Å². The third kappa shape index (κ3) is 3.51. The van der Waals surface area contributed by atoms with Crippen LogP contribution in [0.25, 0.3) is 0 Å². The maximum absolute atomic E-state index is 11.4. The Labute approximate surface area is 128 Å². The minimum Gasteiger partial charge on any atom is -0.353 e. The third-order valence-electron chi connectivity index (χ3n) is 4.43. The molecule has 5 nitrogen and oxygen atoms in total. The van der Waals surface area contributed by atoms with E-state index in [0.717, 1.165) is 12.8 Å². The number of carbonyl (C=O) groups excluding carboxylic acids is 1. The molecular weight excluding hydrogens is 288 g/mol. The molecule has 1 aromatic carbocycles. The lowest BCUT2D eigenvalue weighted by Gasteiger charge is -2.45. The molecule has 1 aliphatic rings. The maximum atomic E-state index is 11.4. The predicted molar refractivity (Wildman–Crippen MR) is 83.0 cm³/mol. The molecule has 1 amide bonds.